The predicted molar refractivity (Wildman–Crippen MR) is 56.1 cm³/mol. The average Bonchev–Trinajstić information content (AvgIpc) is 2.95. The summed E-state index contributed by atoms with van der Waals surface area (Å²) in [6, 6.07) is 6.04. The molecule has 15 heavy (non-hydrogen) atoms. The number of rotatable bonds is 3. The lowest BCUT2D eigenvalue weighted by atomic mass is 10.1. The lowest BCUT2D eigenvalue weighted by Gasteiger charge is -2.10. The van der Waals surface area contributed by atoms with Crippen LogP contribution in [0.4, 0.5) is 4.39 Å². The molecule has 3 heteroatoms. The van der Waals surface area contributed by atoms with E-state index >= 15 is 0 Å². The van der Waals surface area contributed by atoms with Gasteiger partial charge in [-0.05, 0) is 30.4 Å². The minimum absolute atomic E-state index is 0.127. The maximum Gasteiger partial charge on any atom is 0.254 e. The summed E-state index contributed by atoms with van der Waals surface area (Å²) in [6.45, 7) is 2.76. The van der Waals surface area contributed by atoms with Crippen molar-refractivity contribution in [3.63, 3.8) is 0 Å². The van der Waals surface area contributed by atoms with E-state index in [0.29, 0.717) is 6.54 Å². The first kappa shape index (κ1) is 10.1. The summed E-state index contributed by atoms with van der Waals surface area (Å²) in [4.78, 5) is 11.6. The Kier molecular flexibility index (Phi) is 2.47. The van der Waals surface area contributed by atoms with Gasteiger partial charge in [-0.25, -0.2) is 4.39 Å². The molecule has 0 bridgehead atoms. The first-order chi connectivity index (χ1) is 7.11. The lowest BCUT2D eigenvalue weighted by molar-refractivity contribution is 0.0942. The molecule has 1 saturated carbocycles. The second-order valence-electron chi connectivity index (χ2n) is 4.47. The van der Waals surface area contributed by atoms with E-state index in [1.165, 1.54) is 12.1 Å². The van der Waals surface area contributed by atoms with Crippen molar-refractivity contribution >= 4 is 5.91 Å². The molecular weight excluding hydrogens is 193 g/mol. The van der Waals surface area contributed by atoms with Crippen molar-refractivity contribution < 1.29 is 9.18 Å². The molecule has 1 fully saturated rings. The summed E-state index contributed by atoms with van der Waals surface area (Å²) in [5.74, 6) is -0.780. The van der Waals surface area contributed by atoms with Gasteiger partial charge in [0.05, 0.1) is 5.56 Å². The third-order valence-corrected chi connectivity index (χ3v) is 2.90. The topological polar surface area (TPSA) is 29.1 Å². The van der Waals surface area contributed by atoms with Gasteiger partial charge in [-0.1, -0.05) is 19.1 Å². The number of hydrogen-bond acceptors (Lipinski definition) is 1. The van der Waals surface area contributed by atoms with E-state index < -0.39 is 5.82 Å². The number of hydrogen-bond donors (Lipinski definition) is 1. The summed E-state index contributed by atoms with van der Waals surface area (Å²) in [5, 5.41) is 2.76. The molecule has 80 valence electrons. The van der Waals surface area contributed by atoms with Crippen LogP contribution in [-0.2, 0) is 0 Å². The fraction of sp³-hybridized carbons (Fsp3) is 0.417. The second-order valence-corrected chi connectivity index (χ2v) is 4.47. The molecule has 0 radical (unpaired) electrons. The summed E-state index contributed by atoms with van der Waals surface area (Å²) < 4.78 is 13.2. The molecule has 1 aliphatic carbocycles. The van der Waals surface area contributed by atoms with Gasteiger partial charge in [-0.3, -0.25) is 4.79 Å². The fourth-order valence-electron chi connectivity index (χ4n) is 1.42. The van der Waals surface area contributed by atoms with Crippen molar-refractivity contribution in [2.24, 2.45) is 5.41 Å². The Morgan fingerprint density at radius 1 is 1.47 bits per heavy atom. The van der Waals surface area contributed by atoms with Crippen LogP contribution in [0.5, 0.6) is 0 Å². The average molecular weight is 207 g/mol. The quantitative estimate of drug-likeness (QED) is 0.810. The molecule has 0 heterocycles. The highest BCUT2D eigenvalue weighted by Crippen LogP contribution is 2.44. The van der Waals surface area contributed by atoms with Gasteiger partial charge in [-0.2, -0.15) is 0 Å². The standard InChI is InChI=1S/C12H14FNO/c1-12(6-7-12)8-14-11(15)9-4-2-3-5-10(9)13/h2-5H,6-8H2,1H3,(H,14,15). The molecule has 2 rings (SSSR count). The molecule has 0 atom stereocenters. The minimum atomic E-state index is -0.462. The molecule has 1 aromatic rings. The molecule has 1 amide bonds. The normalized spacial score (nSPS) is 17.2. The Hall–Kier alpha value is -1.38. The van der Waals surface area contributed by atoms with Gasteiger partial charge in [-0.15, -0.1) is 0 Å². The molecule has 1 N–H and O–H groups in total. The largest absolute Gasteiger partial charge is 0.351 e. The molecule has 1 aliphatic rings. The third kappa shape index (κ3) is 2.35. The Bertz CT molecular complexity index is 385. The molecule has 0 spiro atoms. The van der Waals surface area contributed by atoms with Crippen molar-refractivity contribution in [1.29, 1.82) is 0 Å². The molecule has 0 saturated heterocycles. The van der Waals surface area contributed by atoms with E-state index in [1.54, 1.807) is 12.1 Å². The number of amides is 1. The Labute approximate surface area is 88.5 Å². The lowest BCUT2D eigenvalue weighted by Crippen LogP contribution is -2.29. The molecule has 2 nitrogen and oxygen atoms in total. The summed E-state index contributed by atoms with van der Waals surface area (Å²) in [7, 11) is 0. The highest BCUT2D eigenvalue weighted by atomic mass is 19.1. The summed E-state index contributed by atoms with van der Waals surface area (Å²) >= 11 is 0. The van der Waals surface area contributed by atoms with E-state index in [1.807, 2.05) is 0 Å². The number of halogens is 1. The van der Waals surface area contributed by atoms with Gasteiger partial charge in [0.1, 0.15) is 5.82 Å². The van der Waals surface area contributed by atoms with Crippen LogP contribution in [0.3, 0.4) is 0 Å². The molecular formula is C12H14FNO. The molecule has 0 aromatic heterocycles. The molecule has 1 aromatic carbocycles. The Balaban J connectivity index is 1.99. The monoisotopic (exact) mass is 207 g/mol. The maximum absolute atomic E-state index is 13.2. The number of carbonyl (C=O) groups excluding carboxylic acids is 1. The third-order valence-electron chi connectivity index (χ3n) is 2.90. The van der Waals surface area contributed by atoms with Crippen LogP contribution in [0.1, 0.15) is 30.1 Å². The molecule has 0 aliphatic heterocycles. The van der Waals surface area contributed by atoms with Crippen molar-refractivity contribution in [2.75, 3.05) is 6.54 Å². The van der Waals surface area contributed by atoms with Crippen LogP contribution in [0.25, 0.3) is 0 Å². The van der Waals surface area contributed by atoms with Crippen molar-refractivity contribution in [2.45, 2.75) is 19.8 Å². The smallest absolute Gasteiger partial charge is 0.254 e. The summed E-state index contributed by atoms with van der Waals surface area (Å²) in [6.07, 6.45) is 2.29. The van der Waals surface area contributed by atoms with Crippen LogP contribution in [0, 0.1) is 11.2 Å². The second kappa shape index (κ2) is 3.65. The van der Waals surface area contributed by atoms with Crippen LogP contribution in [0.2, 0.25) is 0 Å². The molecule has 0 unspecified atom stereocenters. The Morgan fingerprint density at radius 2 is 2.13 bits per heavy atom. The number of nitrogens with one attached hydrogen (secondary N) is 1. The zero-order chi connectivity index (χ0) is 10.9. The highest BCUT2D eigenvalue weighted by molar-refractivity contribution is 5.94. The number of benzene rings is 1. The van der Waals surface area contributed by atoms with Gasteiger partial charge >= 0.3 is 0 Å². The summed E-state index contributed by atoms with van der Waals surface area (Å²) in [5.41, 5.74) is 0.378. The van der Waals surface area contributed by atoms with Gasteiger partial charge in [0.25, 0.3) is 5.91 Å². The minimum Gasteiger partial charge on any atom is -0.351 e. The van der Waals surface area contributed by atoms with Crippen LogP contribution in [0.15, 0.2) is 24.3 Å². The van der Waals surface area contributed by atoms with E-state index in [2.05, 4.69) is 12.2 Å². The van der Waals surface area contributed by atoms with Gasteiger partial charge < -0.3 is 5.32 Å². The van der Waals surface area contributed by atoms with E-state index in [0.717, 1.165) is 12.8 Å². The Morgan fingerprint density at radius 3 is 2.73 bits per heavy atom. The zero-order valence-corrected chi connectivity index (χ0v) is 8.72. The fourth-order valence-corrected chi connectivity index (χ4v) is 1.42. The van der Waals surface area contributed by atoms with Crippen LogP contribution < -0.4 is 5.32 Å². The van der Waals surface area contributed by atoms with Crippen molar-refractivity contribution in [3.8, 4) is 0 Å². The van der Waals surface area contributed by atoms with Crippen molar-refractivity contribution in [3.05, 3.63) is 35.6 Å². The predicted octanol–water partition coefficient (Wildman–Crippen LogP) is 2.36. The first-order valence-corrected chi connectivity index (χ1v) is 5.13. The van der Waals surface area contributed by atoms with E-state index in [9.17, 15) is 9.18 Å². The van der Waals surface area contributed by atoms with Crippen LogP contribution in [-0.4, -0.2) is 12.5 Å². The highest BCUT2D eigenvalue weighted by Gasteiger charge is 2.37. The van der Waals surface area contributed by atoms with E-state index in [-0.39, 0.29) is 16.9 Å². The maximum atomic E-state index is 13.2. The van der Waals surface area contributed by atoms with Crippen LogP contribution >= 0.6 is 0 Å². The van der Waals surface area contributed by atoms with E-state index in [4.69, 9.17) is 0 Å². The van der Waals surface area contributed by atoms with Gasteiger partial charge in [0.15, 0.2) is 0 Å². The number of carbonyl (C=O) groups is 1. The zero-order valence-electron chi connectivity index (χ0n) is 8.72. The first-order valence-electron chi connectivity index (χ1n) is 5.13. The van der Waals surface area contributed by atoms with Crippen molar-refractivity contribution in [1.82, 2.24) is 5.32 Å². The van der Waals surface area contributed by atoms with Gasteiger partial charge in [0, 0.05) is 6.54 Å². The SMILES string of the molecule is CC1(CNC(=O)c2ccccc2F)CC1. The van der Waals surface area contributed by atoms with Gasteiger partial charge in [0.2, 0.25) is 0 Å².